The van der Waals surface area contributed by atoms with Crippen LogP contribution in [0.4, 0.5) is 0 Å². The van der Waals surface area contributed by atoms with Gasteiger partial charge in [0.2, 0.25) is 5.91 Å². The Balaban J connectivity index is 1.84. The molecule has 2 aliphatic heterocycles. The quantitative estimate of drug-likeness (QED) is 0.693. The highest BCUT2D eigenvalue weighted by Gasteiger charge is 2.23. The van der Waals surface area contributed by atoms with E-state index in [1.165, 1.54) is 12.8 Å². The molecule has 2 rings (SSSR count). The second-order valence-corrected chi connectivity index (χ2v) is 4.44. The highest BCUT2D eigenvalue weighted by Crippen LogP contribution is 2.11. The van der Waals surface area contributed by atoms with E-state index in [0.29, 0.717) is 12.5 Å². The molecule has 0 spiro atoms. The number of likely N-dealkylation sites (tertiary alicyclic amines) is 1. The predicted octanol–water partition coefficient (Wildman–Crippen LogP) is 0.779. The fourth-order valence-corrected chi connectivity index (χ4v) is 2.18. The number of aliphatic imine (C=N–C) groups is 1. The Hall–Kier alpha value is -1.06. The van der Waals surface area contributed by atoms with Crippen LogP contribution in [-0.4, -0.2) is 42.8 Å². The van der Waals surface area contributed by atoms with Gasteiger partial charge in [0.05, 0.1) is 5.84 Å². The lowest BCUT2D eigenvalue weighted by Gasteiger charge is -2.31. The SMILES string of the molecule is CN1CC(NC2=NCCCC2)CCC1=O. The first-order chi connectivity index (χ1) is 7.25. The summed E-state index contributed by atoms with van der Waals surface area (Å²) in [6.45, 7) is 1.78. The van der Waals surface area contributed by atoms with Crippen molar-refractivity contribution in [3.63, 3.8) is 0 Å². The Bertz CT molecular complexity index is 275. The Kier molecular flexibility index (Phi) is 3.23. The average Bonchev–Trinajstić information content (AvgIpc) is 2.25. The van der Waals surface area contributed by atoms with E-state index >= 15 is 0 Å². The van der Waals surface area contributed by atoms with Gasteiger partial charge in [-0.3, -0.25) is 9.79 Å². The maximum absolute atomic E-state index is 11.3. The zero-order valence-electron chi connectivity index (χ0n) is 9.33. The molecule has 1 saturated heterocycles. The van der Waals surface area contributed by atoms with Gasteiger partial charge in [-0.05, 0) is 19.3 Å². The van der Waals surface area contributed by atoms with Crippen LogP contribution in [0.3, 0.4) is 0 Å². The van der Waals surface area contributed by atoms with Crippen molar-refractivity contribution in [2.45, 2.75) is 38.1 Å². The normalized spacial score (nSPS) is 27.5. The molecule has 0 radical (unpaired) electrons. The van der Waals surface area contributed by atoms with Crippen molar-refractivity contribution >= 4 is 11.7 Å². The first-order valence-electron chi connectivity index (χ1n) is 5.79. The van der Waals surface area contributed by atoms with Crippen LogP contribution in [0.1, 0.15) is 32.1 Å². The standard InChI is InChI=1S/C11H19N3O/c1-14-8-9(5-6-11(14)15)13-10-4-2-3-7-12-10/h9H,2-8H2,1H3,(H,12,13). The molecule has 2 aliphatic rings. The van der Waals surface area contributed by atoms with Gasteiger partial charge in [-0.1, -0.05) is 0 Å². The molecule has 0 aliphatic carbocycles. The lowest BCUT2D eigenvalue weighted by molar-refractivity contribution is -0.132. The van der Waals surface area contributed by atoms with E-state index in [0.717, 1.165) is 31.8 Å². The number of hydrogen-bond donors (Lipinski definition) is 1. The molecule has 0 bridgehead atoms. The molecule has 0 aromatic heterocycles. The summed E-state index contributed by atoms with van der Waals surface area (Å²) in [6.07, 6.45) is 5.15. The highest BCUT2D eigenvalue weighted by atomic mass is 16.2. The summed E-state index contributed by atoms with van der Waals surface area (Å²) >= 11 is 0. The summed E-state index contributed by atoms with van der Waals surface area (Å²) < 4.78 is 0. The Morgan fingerprint density at radius 2 is 2.27 bits per heavy atom. The average molecular weight is 209 g/mol. The monoisotopic (exact) mass is 209 g/mol. The van der Waals surface area contributed by atoms with Gasteiger partial charge in [-0.15, -0.1) is 0 Å². The highest BCUT2D eigenvalue weighted by molar-refractivity contribution is 5.83. The maximum Gasteiger partial charge on any atom is 0.222 e. The van der Waals surface area contributed by atoms with E-state index in [1.54, 1.807) is 0 Å². The third-order valence-corrected chi connectivity index (χ3v) is 3.12. The molecular formula is C11H19N3O. The van der Waals surface area contributed by atoms with Gasteiger partial charge in [-0.2, -0.15) is 0 Å². The van der Waals surface area contributed by atoms with Gasteiger partial charge < -0.3 is 10.2 Å². The van der Waals surface area contributed by atoms with E-state index in [1.807, 2.05) is 11.9 Å². The Labute approximate surface area is 90.7 Å². The summed E-state index contributed by atoms with van der Waals surface area (Å²) in [4.78, 5) is 17.6. The number of carbonyl (C=O) groups excluding carboxylic acids is 1. The van der Waals surface area contributed by atoms with Gasteiger partial charge in [-0.25, -0.2) is 0 Å². The van der Waals surface area contributed by atoms with E-state index in [2.05, 4.69) is 10.3 Å². The number of carbonyl (C=O) groups is 1. The molecular weight excluding hydrogens is 190 g/mol. The van der Waals surface area contributed by atoms with Crippen LogP contribution in [0.2, 0.25) is 0 Å². The van der Waals surface area contributed by atoms with Crippen molar-refractivity contribution in [1.29, 1.82) is 0 Å². The molecule has 4 nitrogen and oxygen atoms in total. The molecule has 1 amide bonds. The third-order valence-electron chi connectivity index (χ3n) is 3.12. The van der Waals surface area contributed by atoms with Crippen molar-refractivity contribution in [2.24, 2.45) is 4.99 Å². The number of amidine groups is 1. The van der Waals surface area contributed by atoms with Crippen LogP contribution < -0.4 is 5.32 Å². The van der Waals surface area contributed by atoms with Crippen LogP contribution in [0.5, 0.6) is 0 Å². The minimum Gasteiger partial charge on any atom is -0.369 e. The molecule has 0 aromatic carbocycles. The molecule has 2 heterocycles. The number of amides is 1. The molecule has 84 valence electrons. The number of piperidine rings is 1. The zero-order valence-corrected chi connectivity index (χ0v) is 9.33. The van der Waals surface area contributed by atoms with E-state index in [-0.39, 0.29) is 5.91 Å². The van der Waals surface area contributed by atoms with Crippen molar-refractivity contribution in [2.75, 3.05) is 20.1 Å². The molecule has 1 fully saturated rings. The molecule has 0 saturated carbocycles. The van der Waals surface area contributed by atoms with Crippen LogP contribution in [-0.2, 0) is 4.79 Å². The minimum atomic E-state index is 0.263. The second-order valence-electron chi connectivity index (χ2n) is 4.44. The number of rotatable bonds is 1. The molecule has 1 unspecified atom stereocenters. The molecule has 1 atom stereocenters. The lowest BCUT2D eigenvalue weighted by Crippen LogP contribution is -2.48. The lowest BCUT2D eigenvalue weighted by atomic mass is 10.0. The van der Waals surface area contributed by atoms with Crippen LogP contribution in [0.25, 0.3) is 0 Å². The summed E-state index contributed by atoms with van der Waals surface area (Å²) in [5, 5.41) is 3.46. The fourth-order valence-electron chi connectivity index (χ4n) is 2.18. The van der Waals surface area contributed by atoms with Crippen molar-refractivity contribution < 1.29 is 4.79 Å². The van der Waals surface area contributed by atoms with E-state index < -0.39 is 0 Å². The molecule has 4 heteroatoms. The molecule has 0 aromatic rings. The van der Waals surface area contributed by atoms with Gasteiger partial charge in [0.25, 0.3) is 0 Å². The Morgan fingerprint density at radius 1 is 1.40 bits per heavy atom. The molecule has 15 heavy (non-hydrogen) atoms. The predicted molar refractivity (Wildman–Crippen MR) is 59.9 cm³/mol. The largest absolute Gasteiger partial charge is 0.369 e. The number of likely N-dealkylation sites (N-methyl/N-ethyl adjacent to an activating group) is 1. The zero-order chi connectivity index (χ0) is 10.7. The number of hydrogen-bond acceptors (Lipinski definition) is 3. The van der Waals surface area contributed by atoms with Gasteiger partial charge in [0.1, 0.15) is 0 Å². The van der Waals surface area contributed by atoms with Crippen molar-refractivity contribution in [3.8, 4) is 0 Å². The van der Waals surface area contributed by atoms with Gasteiger partial charge in [0, 0.05) is 39.0 Å². The first-order valence-corrected chi connectivity index (χ1v) is 5.79. The third kappa shape index (κ3) is 2.70. The number of nitrogens with zero attached hydrogens (tertiary/aromatic N) is 2. The summed E-state index contributed by atoms with van der Waals surface area (Å²) in [5.74, 6) is 1.41. The van der Waals surface area contributed by atoms with Gasteiger partial charge >= 0.3 is 0 Å². The van der Waals surface area contributed by atoms with E-state index in [9.17, 15) is 4.79 Å². The maximum atomic E-state index is 11.3. The van der Waals surface area contributed by atoms with E-state index in [4.69, 9.17) is 0 Å². The first kappa shape index (κ1) is 10.5. The fraction of sp³-hybridized carbons (Fsp3) is 0.818. The van der Waals surface area contributed by atoms with Gasteiger partial charge in [0.15, 0.2) is 0 Å². The minimum absolute atomic E-state index is 0.263. The summed E-state index contributed by atoms with van der Waals surface area (Å²) in [7, 11) is 1.87. The summed E-state index contributed by atoms with van der Waals surface area (Å²) in [6, 6.07) is 0.407. The van der Waals surface area contributed by atoms with Crippen molar-refractivity contribution in [1.82, 2.24) is 10.2 Å². The second kappa shape index (κ2) is 4.64. The van der Waals surface area contributed by atoms with Crippen LogP contribution >= 0.6 is 0 Å². The number of nitrogens with one attached hydrogen (secondary N) is 1. The smallest absolute Gasteiger partial charge is 0.222 e. The molecule has 1 N–H and O–H groups in total. The summed E-state index contributed by atoms with van der Waals surface area (Å²) in [5.41, 5.74) is 0. The topological polar surface area (TPSA) is 44.7 Å². The van der Waals surface area contributed by atoms with Crippen molar-refractivity contribution in [3.05, 3.63) is 0 Å². The Morgan fingerprint density at radius 3 is 2.93 bits per heavy atom. The van der Waals surface area contributed by atoms with Crippen LogP contribution in [0.15, 0.2) is 4.99 Å². The van der Waals surface area contributed by atoms with Crippen LogP contribution in [0, 0.1) is 0 Å².